The third kappa shape index (κ3) is 3.93. The molecule has 1 atom stereocenters. The lowest BCUT2D eigenvalue weighted by molar-refractivity contribution is 0.0919. The zero-order valence-corrected chi connectivity index (χ0v) is 15.0. The number of likely N-dealkylation sites (tertiary alicyclic amines) is 1. The zero-order chi connectivity index (χ0) is 17.1. The lowest BCUT2D eigenvalue weighted by atomic mass is 9.95. The van der Waals surface area contributed by atoms with Crippen molar-refractivity contribution in [3.63, 3.8) is 0 Å². The van der Waals surface area contributed by atoms with E-state index in [1.54, 1.807) is 24.5 Å². The van der Waals surface area contributed by atoms with Gasteiger partial charge in [-0.05, 0) is 56.2 Å². The third-order valence-electron chi connectivity index (χ3n) is 5.13. The fourth-order valence-electron chi connectivity index (χ4n) is 3.58. The van der Waals surface area contributed by atoms with Gasteiger partial charge >= 0.3 is 0 Å². The second kappa shape index (κ2) is 7.66. The first-order valence-electron chi connectivity index (χ1n) is 8.90. The van der Waals surface area contributed by atoms with Crippen LogP contribution in [-0.4, -0.2) is 53.1 Å². The Morgan fingerprint density at radius 2 is 2.20 bits per heavy atom. The smallest absolute Gasteiger partial charge is 0.273 e. The Hall–Kier alpha value is -1.73. The van der Waals surface area contributed by atoms with Gasteiger partial charge in [0.25, 0.3) is 5.91 Å². The number of carbonyl (C=O) groups is 1. The number of nitrogens with one attached hydrogen (secondary N) is 1. The molecule has 2 saturated heterocycles. The molecule has 0 bridgehead atoms. The minimum atomic E-state index is -0.184. The van der Waals surface area contributed by atoms with Crippen LogP contribution in [0.5, 0.6) is 0 Å². The van der Waals surface area contributed by atoms with E-state index < -0.39 is 0 Å². The number of thioether (sulfide) groups is 1. The monoisotopic (exact) mass is 361 g/mol. The number of piperidine rings is 1. The fraction of sp³-hybridized carbons (Fsp3) is 0.556. The molecule has 1 N–H and O–H groups in total. The van der Waals surface area contributed by atoms with Crippen LogP contribution in [0.3, 0.4) is 0 Å². The highest BCUT2D eigenvalue weighted by atomic mass is 32.2. The van der Waals surface area contributed by atoms with E-state index in [1.807, 2.05) is 0 Å². The normalized spacial score (nSPS) is 22.3. The average molecular weight is 361 g/mol. The molecule has 6 nitrogen and oxygen atoms in total. The van der Waals surface area contributed by atoms with Crippen LogP contribution < -0.4 is 5.32 Å². The Morgan fingerprint density at radius 1 is 1.32 bits per heavy atom. The molecule has 1 amide bonds. The van der Waals surface area contributed by atoms with Crippen LogP contribution in [0.15, 0.2) is 33.4 Å². The summed E-state index contributed by atoms with van der Waals surface area (Å²) in [7, 11) is 0. The molecule has 0 aliphatic carbocycles. The molecular weight excluding hydrogens is 338 g/mol. The van der Waals surface area contributed by atoms with Gasteiger partial charge in [-0.3, -0.25) is 9.69 Å². The Labute approximate surface area is 151 Å². The first-order chi connectivity index (χ1) is 12.3. The van der Waals surface area contributed by atoms with Crippen LogP contribution in [0.4, 0.5) is 0 Å². The molecule has 0 radical (unpaired) electrons. The first-order valence-corrected chi connectivity index (χ1v) is 10.1. The maximum atomic E-state index is 12.3. The summed E-state index contributed by atoms with van der Waals surface area (Å²) in [5.74, 6) is 3.99. The van der Waals surface area contributed by atoms with Crippen LogP contribution in [0.1, 0.15) is 29.8 Å². The van der Waals surface area contributed by atoms with E-state index in [4.69, 9.17) is 8.94 Å². The molecule has 0 unspecified atom stereocenters. The predicted octanol–water partition coefficient (Wildman–Crippen LogP) is 2.88. The van der Waals surface area contributed by atoms with E-state index in [-0.39, 0.29) is 5.91 Å². The van der Waals surface area contributed by atoms with E-state index in [2.05, 4.69) is 27.1 Å². The molecule has 2 aromatic heterocycles. The number of aromatic nitrogens is 1. The molecule has 2 aromatic rings. The van der Waals surface area contributed by atoms with Crippen molar-refractivity contribution < 1.29 is 13.7 Å². The molecular formula is C18H23N3O3S. The number of hydrogen-bond donors (Lipinski definition) is 1. The van der Waals surface area contributed by atoms with Gasteiger partial charge in [0.1, 0.15) is 0 Å². The minimum absolute atomic E-state index is 0.184. The van der Waals surface area contributed by atoms with Crippen molar-refractivity contribution in [3.05, 3.63) is 30.2 Å². The summed E-state index contributed by atoms with van der Waals surface area (Å²) < 4.78 is 10.4. The highest BCUT2D eigenvalue weighted by Gasteiger charge is 2.27. The topological polar surface area (TPSA) is 71.5 Å². The summed E-state index contributed by atoms with van der Waals surface area (Å²) in [4.78, 5) is 14.9. The Balaban J connectivity index is 1.24. The van der Waals surface area contributed by atoms with Crippen molar-refractivity contribution in [3.8, 4) is 11.5 Å². The van der Waals surface area contributed by atoms with Gasteiger partial charge in [-0.15, -0.1) is 0 Å². The predicted molar refractivity (Wildman–Crippen MR) is 96.6 cm³/mol. The van der Waals surface area contributed by atoms with Gasteiger partial charge < -0.3 is 14.3 Å². The van der Waals surface area contributed by atoms with Crippen LogP contribution in [0.25, 0.3) is 11.5 Å². The maximum Gasteiger partial charge on any atom is 0.273 e. The lowest BCUT2D eigenvalue weighted by Gasteiger charge is -2.35. The van der Waals surface area contributed by atoms with Gasteiger partial charge in [-0.2, -0.15) is 11.8 Å². The molecule has 2 aliphatic heterocycles. The van der Waals surface area contributed by atoms with Crippen molar-refractivity contribution in [2.75, 3.05) is 31.1 Å². The number of nitrogens with zero attached hydrogens (tertiary/aromatic N) is 2. The van der Waals surface area contributed by atoms with Crippen molar-refractivity contribution in [1.82, 2.24) is 15.4 Å². The number of carbonyl (C=O) groups excluding carboxylic acids is 1. The zero-order valence-electron chi connectivity index (χ0n) is 14.1. The molecule has 134 valence electrons. The molecule has 0 spiro atoms. The molecule has 2 aliphatic rings. The Morgan fingerprint density at radius 3 is 2.92 bits per heavy atom. The van der Waals surface area contributed by atoms with E-state index in [1.165, 1.54) is 17.9 Å². The van der Waals surface area contributed by atoms with Gasteiger partial charge in [-0.1, -0.05) is 5.16 Å². The second-order valence-corrected chi connectivity index (χ2v) is 7.91. The average Bonchev–Trinajstić information content (AvgIpc) is 3.42. The molecule has 0 saturated carbocycles. The summed E-state index contributed by atoms with van der Waals surface area (Å²) in [5.41, 5.74) is 0.298. The largest absolute Gasteiger partial charge is 0.461 e. The number of rotatable bonds is 5. The van der Waals surface area contributed by atoms with Gasteiger partial charge in [-0.25, -0.2) is 0 Å². The highest BCUT2D eigenvalue weighted by Crippen LogP contribution is 2.26. The molecule has 25 heavy (non-hydrogen) atoms. The van der Waals surface area contributed by atoms with Crippen LogP contribution in [0, 0.1) is 5.92 Å². The van der Waals surface area contributed by atoms with Gasteiger partial charge in [0.05, 0.1) is 6.26 Å². The van der Waals surface area contributed by atoms with Crippen molar-refractivity contribution in [2.45, 2.75) is 25.3 Å². The highest BCUT2D eigenvalue weighted by molar-refractivity contribution is 7.99. The summed E-state index contributed by atoms with van der Waals surface area (Å²) >= 11 is 2.07. The molecule has 7 heteroatoms. The third-order valence-corrected chi connectivity index (χ3v) is 6.27. The summed E-state index contributed by atoms with van der Waals surface area (Å²) in [6, 6.07) is 5.94. The number of hydrogen-bond acceptors (Lipinski definition) is 6. The maximum absolute atomic E-state index is 12.3. The minimum Gasteiger partial charge on any atom is -0.461 e. The van der Waals surface area contributed by atoms with Gasteiger partial charge in [0.15, 0.2) is 11.5 Å². The first kappa shape index (κ1) is 16.7. The summed E-state index contributed by atoms with van der Waals surface area (Å²) in [6.07, 6.45) is 5.19. The van der Waals surface area contributed by atoms with Crippen molar-refractivity contribution in [1.29, 1.82) is 0 Å². The number of amides is 1. The Bertz CT molecular complexity index is 686. The SMILES string of the molecule is O=C(NCC1CCN([C@H]2CCSC2)CC1)c1cc(-c2ccco2)on1. The summed E-state index contributed by atoms with van der Waals surface area (Å²) in [5, 5.41) is 6.84. The van der Waals surface area contributed by atoms with Crippen molar-refractivity contribution >= 4 is 17.7 Å². The molecule has 4 heterocycles. The Kier molecular flexibility index (Phi) is 5.12. The second-order valence-electron chi connectivity index (χ2n) is 6.76. The van der Waals surface area contributed by atoms with Crippen LogP contribution in [-0.2, 0) is 0 Å². The molecule has 4 rings (SSSR count). The van der Waals surface area contributed by atoms with E-state index >= 15 is 0 Å². The molecule has 2 fully saturated rings. The van der Waals surface area contributed by atoms with Crippen molar-refractivity contribution in [2.24, 2.45) is 5.92 Å². The fourth-order valence-corrected chi connectivity index (χ4v) is 4.83. The van der Waals surface area contributed by atoms with E-state index in [9.17, 15) is 4.79 Å². The quantitative estimate of drug-likeness (QED) is 0.883. The lowest BCUT2D eigenvalue weighted by Crippen LogP contribution is -2.43. The van der Waals surface area contributed by atoms with E-state index in [0.29, 0.717) is 29.7 Å². The van der Waals surface area contributed by atoms with Gasteiger partial charge in [0.2, 0.25) is 5.76 Å². The molecule has 0 aromatic carbocycles. The van der Waals surface area contributed by atoms with Gasteiger partial charge in [0, 0.05) is 24.4 Å². The summed E-state index contributed by atoms with van der Waals surface area (Å²) in [6.45, 7) is 3.01. The van der Waals surface area contributed by atoms with Crippen LogP contribution in [0.2, 0.25) is 0 Å². The number of furan rings is 1. The standard InChI is InChI=1S/C18H23N3O3S/c22-18(15-10-17(24-20-15)16-2-1-8-23-16)19-11-13-3-6-21(7-4-13)14-5-9-25-12-14/h1-2,8,10,13-14H,3-7,9,11-12H2,(H,19,22)/t14-/m0/s1. The van der Waals surface area contributed by atoms with E-state index in [0.717, 1.165) is 32.0 Å². The van der Waals surface area contributed by atoms with Crippen LogP contribution >= 0.6 is 11.8 Å².